The standard InChI is InChI=1S/C9H12N4O2S/c10-12-9(16-6-8(14)15)13(11)7-4-2-1-3-5-7/h1-5H,6,10-11H2,(H,14,15)/b12-9+. The summed E-state index contributed by atoms with van der Waals surface area (Å²) >= 11 is 0.959. The molecule has 1 aromatic carbocycles. The van der Waals surface area contributed by atoms with E-state index in [2.05, 4.69) is 5.10 Å². The van der Waals surface area contributed by atoms with Crippen molar-refractivity contribution in [1.82, 2.24) is 0 Å². The summed E-state index contributed by atoms with van der Waals surface area (Å²) in [7, 11) is 0. The topological polar surface area (TPSA) is 105 Å². The summed E-state index contributed by atoms with van der Waals surface area (Å²) < 4.78 is 0. The van der Waals surface area contributed by atoms with Crippen LogP contribution in [0.4, 0.5) is 5.69 Å². The Hall–Kier alpha value is -1.73. The first-order valence-electron chi connectivity index (χ1n) is 4.37. The predicted octanol–water partition coefficient (Wildman–Crippen LogP) is 0.414. The molecular formula is C9H12N4O2S. The van der Waals surface area contributed by atoms with E-state index < -0.39 is 5.97 Å². The first-order valence-corrected chi connectivity index (χ1v) is 5.36. The largest absolute Gasteiger partial charge is 0.481 e. The Labute approximate surface area is 96.9 Å². The Morgan fingerprint density at radius 2 is 2.06 bits per heavy atom. The van der Waals surface area contributed by atoms with Crippen molar-refractivity contribution in [1.29, 1.82) is 0 Å². The normalized spacial score (nSPS) is 11.2. The van der Waals surface area contributed by atoms with Crippen molar-refractivity contribution in [2.75, 3.05) is 10.8 Å². The summed E-state index contributed by atoms with van der Waals surface area (Å²) in [6.45, 7) is 0. The number of nitrogens with two attached hydrogens (primary N) is 2. The van der Waals surface area contributed by atoms with Crippen molar-refractivity contribution in [2.24, 2.45) is 16.8 Å². The first kappa shape index (κ1) is 12.3. The Morgan fingerprint density at radius 3 is 2.56 bits per heavy atom. The van der Waals surface area contributed by atoms with Crippen molar-refractivity contribution in [3.05, 3.63) is 30.3 Å². The summed E-state index contributed by atoms with van der Waals surface area (Å²) in [6.07, 6.45) is 0. The minimum Gasteiger partial charge on any atom is -0.481 e. The van der Waals surface area contributed by atoms with Crippen molar-refractivity contribution in [3.63, 3.8) is 0 Å². The lowest BCUT2D eigenvalue weighted by atomic mass is 10.3. The number of hydrogen-bond acceptors (Lipinski definition) is 5. The second kappa shape index (κ2) is 5.99. The van der Waals surface area contributed by atoms with E-state index in [1.807, 2.05) is 18.2 Å². The quantitative estimate of drug-likeness (QED) is 0.306. The molecule has 86 valence electrons. The molecule has 0 atom stereocenters. The van der Waals surface area contributed by atoms with E-state index in [0.717, 1.165) is 11.8 Å². The highest BCUT2D eigenvalue weighted by molar-refractivity contribution is 8.14. The number of amidine groups is 1. The molecule has 0 saturated heterocycles. The Kier molecular flexibility index (Phi) is 4.62. The molecule has 0 heterocycles. The number of carboxylic acid groups (broad SMARTS) is 1. The summed E-state index contributed by atoms with van der Waals surface area (Å²) in [5.74, 6) is 9.80. The maximum absolute atomic E-state index is 10.4. The fourth-order valence-electron chi connectivity index (χ4n) is 0.994. The second-order valence-electron chi connectivity index (χ2n) is 2.80. The molecule has 0 radical (unpaired) electrons. The number of nitrogens with zero attached hydrogens (tertiary/aromatic N) is 2. The van der Waals surface area contributed by atoms with Gasteiger partial charge in [0, 0.05) is 0 Å². The highest BCUT2D eigenvalue weighted by atomic mass is 32.2. The third kappa shape index (κ3) is 3.44. The van der Waals surface area contributed by atoms with Crippen molar-refractivity contribution < 1.29 is 9.90 Å². The van der Waals surface area contributed by atoms with Gasteiger partial charge in [-0.05, 0) is 12.1 Å². The molecule has 6 nitrogen and oxygen atoms in total. The van der Waals surface area contributed by atoms with E-state index >= 15 is 0 Å². The molecule has 0 aromatic heterocycles. The molecule has 0 unspecified atom stereocenters. The fraction of sp³-hybridized carbons (Fsp3) is 0.111. The minimum absolute atomic E-state index is 0.142. The minimum atomic E-state index is -0.951. The van der Waals surface area contributed by atoms with Crippen LogP contribution in [0.25, 0.3) is 0 Å². The van der Waals surface area contributed by atoms with Crippen LogP contribution in [-0.4, -0.2) is 22.0 Å². The maximum atomic E-state index is 10.4. The monoisotopic (exact) mass is 240 g/mol. The number of carbonyl (C=O) groups is 1. The van der Waals surface area contributed by atoms with Gasteiger partial charge in [0.05, 0.1) is 11.4 Å². The molecule has 0 saturated carbocycles. The van der Waals surface area contributed by atoms with Gasteiger partial charge in [-0.2, -0.15) is 5.10 Å². The predicted molar refractivity (Wildman–Crippen MR) is 64.8 cm³/mol. The summed E-state index contributed by atoms with van der Waals surface area (Å²) in [6, 6.07) is 9.01. The lowest BCUT2D eigenvalue weighted by molar-refractivity contribution is -0.133. The average molecular weight is 240 g/mol. The van der Waals surface area contributed by atoms with Crippen molar-refractivity contribution in [2.45, 2.75) is 0 Å². The molecule has 7 heteroatoms. The Bertz CT molecular complexity index is 382. The molecular weight excluding hydrogens is 228 g/mol. The van der Waals surface area contributed by atoms with Crippen LogP contribution in [0.2, 0.25) is 0 Å². The molecule has 1 rings (SSSR count). The Balaban J connectivity index is 2.71. The number of para-hydroxylation sites is 1. The van der Waals surface area contributed by atoms with Crippen LogP contribution in [0.15, 0.2) is 35.4 Å². The van der Waals surface area contributed by atoms with E-state index in [0.29, 0.717) is 5.69 Å². The molecule has 0 amide bonds. The van der Waals surface area contributed by atoms with Gasteiger partial charge in [-0.3, -0.25) is 9.80 Å². The van der Waals surface area contributed by atoms with Gasteiger partial charge in [-0.1, -0.05) is 30.0 Å². The van der Waals surface area contributed by atoms with Gasteiger partial charge < -0.3 is 10.9 Å². The zero-order valence-electron chi connectivity index (χ0n) is 8.41. The number of hydrogen-bond donors (Lipinski definition) is 3. The molecule has 0 spiro atoms. The van der Waals surface area contributed by atoms with E-state index in [1.54, 1.807) is 12.1 Å². The second-order valence-corrected chi connectivity index (χ2v) is 3.74. The molecule has 0 bridgehead atoms. The van der Waals surface area contributed by atoms with Crippen LogP contribution in [0.1, 0.15) is 0 Å². The highest BCUT2D eigenvalue weighted by Crippen LogP contribution is 2.15. The zero-order chi connectivity index (χ0) is 12.0. The van der Waals surface area contributed by atoms with E-state index in [1.165, 1.54) is 5.01 Å². The molecule has 0 aliphatic heterocycles. The van der Waals surface area contributed by atoms with Gasteiger partial charge in [0.2, 0.25) is 5.17 Å². The fourth-order valence-corrected chi connectivity index (χ4v) is 1.57. The lowest BCUT2D eigenvalue weighted by Gasteiger charge is -2.18. The van der Waals surface area contributed by atoms with Gasteiger partial charge in [0.25, 0.3) is 0 Å². The number of hydrazine groups is 1. The highest BCUT2D eigenvalue weighted by Gasteiger charge is 2.11. The number of hydrazone groups is 1. The number of benzene rings is 1. The maximum Gasteiger partial charge on any atom is 0.313 e. The first-order chi connectivity index (χ1) is 7.65. The van der Waals surface area contributed by atoms with Crippen LogP contribution < -0.4 is 16.7 Å². The molecule has 16 heavy (non-hydrogen) atoms. The third-order valence-corrected chi connectivity index (χ3v) is 2.63. The van der Waals surface area contributed by atoms with Gasteiger partial charge in [-0.15, -0.1) is 0 Å². The third-order valence-electron chi connectivity index (χ3n) is 1.68. The number of anilines is 1. The van der Waals surface area contributed by atoms with Gasteiger partial charge in [0.1, 0.15) is 0 Å². The van der Waals surface area contributed by atoms with Crippen molar-refractivity contribution in [3.8, 4) is 0 Å². The molecule has 1 aromatic rings. The van der Waals surface area contributed by atoms with Crippen LogP contribution in [0.5, 0.6) is 0 Å². The van der Waals surface area contributed by atoms with E-state index in [-0.39, 0.29) is 10.9 Å². The van der Waals surface area contributed by atoms with Crippen LogP contribution in [-0.2, 0) is 4.79 Å². The molecule has 5 N–H and O–H groups in total. The van der Waals surface area contributed by atoms with Crippen LogP contribution in [0.3, 0.4) is 0 Å². The molecule has 0 aliphatic rings. The average Bonchev–Trinajstić information content (AvgIpc) is 2.30. The molecule has 0 fully saturated rings. The van der Waals surface area contributed by atoms with Gasteiger partial charge in [-0.25, -0.2) is 5.84 Å². The SMILES string of the molecule is N/N=C(/SCC(=O)O)N(N)c1ccccc1. The Morgan fingerprint density at radius 1 is 1.44 bits per heavy atom. The van der Waals surface area contributed by atoms with Gasteiger partial charge >= 0.3 is 5.97 Å². The number of carboxylic acids is 1. The van der Waals surface area contributed by atoms with Crippen LogP contribution >= 0.6 is 11.8 Å². The van der Waals surface area contributed by atoms with E-state index in [4.69, 9.17) is 16.8 Å². The zero-order valence-corrected chi connectivity index (χ0v) is 9.22. The number of rotatable bonds is 3. The number of aliphatic carboxylic acids is 1. The summed E-state index contributed by atoms with van der Waals surface area (Å²) in [4.78, 5) is 10.4. The summed E-state index contributed by atoms with van der Waals surface area (Å²) in [5.41, 5.74) is 0.685. The summed E-state index contributed by atoms with van der Waals surface area (Å²) in [5, 5.41) is 13.5. The lowest BCUT2D eigenvalue weighted by Crippen LogP contribution is -2.36. The molecule has 0 aliphatic carbocycles. The van der Waals surface area contributed by atoms with E-state index in [9.17, 15) is 4.79 Å². The van der Waals surface area contributed by atoms with Crippen molar-refractivity contribution >= 4 is 28.6 Å². The van der Waals surface area contributed by atoms with Crippen LogP contribution in [0, 0.1) is 0 Å². The number of thioether (sulfide) groups is 1. The van der Waals surface area contributed by atoms with Gasteiger partial charge in [0.15, 0.2) is 0 Å². The smallest absolute Gasteiger partial charge is 0.313 e.